The number of carbonyl (C=O) groups is 2. The van der Waals surface area contributed by atoms with Gasteiger partial charge < -0.3 is 29.4 Å². The number of nitrogen functional groups attached to an aromatic ring is 1. The van der Waals surface area contributed by atoms with Crippen LogP contribution in [0.3, 0.4) is 0 Å². The van der Waals surface area contributed by atoms with Crippen molar-refractivity contribution in [1.82, 2.24) is 19.5 Å². The number of hydrogen-bond acceptors (Lipinski definition) is 12. The van der Waals surface area contributed by atoms with Crippen molar-refractivity contribution in [3.8, 4) is 5.75 Å². The molecule has 0 unspecified atom stereocenters. The zero-order chi connectivity index (χ0) is 25.1. The van der Waals surface area contributed by atoms with Gasteiger partial charge in [-0.05, 0) is 23.7 Å². The smallest absolute Gasteiger partial charge is 0.358 e. The topological polar surface area (TPSA) is 150 Å². The summed E-state index contributed by atoms with van der Waals surface area (Å²) in [6, 6.07) is 8.73. The number of halogens is 1. The summed E-state index contributed by atoms with van der Waals surface area (Å²) in [4.78, 5) is 35.7. The average molecular weight is 522 g/mol. The summed E-state index contributed by atoms with van der Waals surface area (Å²) < 4.78 is 29.7. The maximum atomic E-state index is 11.9. The summed E-state index contributed by atoms with van der Waals surface area (Å²) in [7, 11) is 0. The highest BCUT2D eigenvalue weighted by molar-refractivity contribution is 7.79. The molecule has 14 heteroatoms. The van der Waals surface area contributed by atoms with Gasteiger partial charge in [0.25, 0.3) is 0 Å². The maximum Gasteiger partial charge on any atom is 0.358 e. The number of nitrogens with zero attached hydrogens (tertiary/aromatic N) is 4. The molecule has 4 atom stereocenters. The summed E-state index contributed by atoms with van der Waals surface area (Å²) in [5.74, 6) is -0.654. The molecule has 2 N–H and O–H groups in total. The van der Waals surface area contributed by atoms with Crippen LogP contribution in [0.2, 0.25) is 5.28 Å². The molecule has 3 heterocycles. The number of hydrogen-bond donors (Lipinski definition) is 1. The van der Waals surface area contributed by atoms with Crippen LogP contribution in [0.1, 0.15) is 20.1 Å². The normalized spacial score (nSPS) is 21.5. The number of para-hydroxylation sites is 1. The molecule has 0 aliphatic carbocycles. The van der Waals surface area contributed by atoms with E-state index >= 15 is 0 Å². The fourth-order valence-corrected chi connectivity index (χ4v) is 3.92. The van der Waals surface area contributed by atoms with Crippen LogP contribution >= 0.6 is 23.8 Å². The highest BCUT2D eigenvalue weighted by Crippen LogP contribution is 2.36. The van der Waals surface area contributed by atoms with E-state index in [0.29, 0.717) is 5.75 Å². The first-order valence-corrected chi connectivity index (χ1v) is 11.1. The van der Waals surface area contributed by atoms with Crippen molar-refractivity contribution in [3.05, 3.63) is 41.9 Å². The summed E-state index contributed by atoms with van der Waals surface area (Å²) in [5.41, 5.74) is 6.43. The zero-order valence-corrected chi connectivity index (χ0v) is 20.1. The number of ether oxygens (including phenoxy) is 5. The fraction of sp³-hybridized carbons (Fsp3) is 0.333. The number of carbonyl (C=O) groups excluding carboxylic acids is 2. The Labute approximate surface area is 209 Å². The van der Waals surface area contributed by atoms with Gasteiger partial charge in [0.05, 0.1) is 6.33 Å². The molecule has 4 rings (SSSR count). The highest BCUT2D eigenvalue weighted by Gasteiger charge is 2.51. The van der Waals surface area contributed by atoms with Crippen molar-refractivity contribution in [1.29, 1.82) is 0 Å². The van der Waals surface area contributed by atoms with E-state index in [9.17, 15) is 9.59 Å². The molecule has 0 amide bonds. The predicted octanol–water partition coefficient (Wildman–Crippen LogP) is 2.20. The Balaban J connectivity index is 1.70. The Morgan fingerprint density at radius 2 is 1.89 bits per heavy atom. The lowest BCUT2D eigenvalue weighted by atomic mass is 10.1. The minimum absolute atomic E-state index is 0.0603. The molecule has 0 spiro atoms. The molecular formula is C21H20ClN5O7S. The van der Waals surface area contributed by atoms with Crippen LogP contribution < -0.4 is 10.5 Å². The van der Waals surface area contributed by atoms with E-state index in [2.05, 4.69) is 15.0 Å². The molecule has 1 fully saturated rings. The van der Waals surface area contributed by atoms with Gasteiger partial charge in [0.15, 0.2) is 29.9 Å². The summed E-state index contributed by atoms with van der Waals surface area (Å²) >= 11 is 11.3. The van der Waals surface area contributed by atoms with Crippen molar-refractivity contribution in [2.45, 2.75) is 38.4 Å². The second-order valence-electron chi connectivity index (χ2n) is 7.39. The van der Waals surface area contributed by atoms with Gasteiger partial charge in [-0.25, -0.2) is 4.98 Å². The molecule has 0 saturated carbocycles. The van der Waals surface area contributed by atoms with E-state index in [4.69, 9.17) is 53.2 Å². The highest BCUT2D eigenvalue weighted by atomic mass is 35.5. The van der Waals surface area contributed by atoms with Gasteiger partial charge in [-0.2, -0.15) is 9.97 Å². The molecule has 1 aliphatic heterocycles. The van der Waals surface area contributed by atoms with Crippen molar-refractivity contribution in [2.24, 2.45) is 0 Å². The number of fused-ring (bicyclic) bond motifs is 1. The number of anilines is 1. The van der Waals surface area contributed by atoms with Crippen LogP contribution in [0, 0.1) is 0 Å². The van der Waals surface area contributed by atoms with E-state index in [1.807, 2.05) is 6.07 Å². The number of thiocarbonyl (C=S) groups is 1. The molecule has 184 valence electrons. The van der Waals surface area contributed by atoms with Gasteiger partial charge >= 0.3 is 17.2 Å². The molecule has 1 saturated heterocycles. The number of aromatic nitrogens is 4. The summed E-state index contributed by atoms with van der Waals surface area (Å²) in [5, 5.41) is -0.361. The van der Waals surface area contributed by atoms with Crippen molar-refractivity contribution in [2.75, 3.05) is 12.3 Å². The zero-order valence-electron chi connectivity index (χ0n) is 18.5. The van der Waals surface area contributed by atoms with E-state index in [-0.39, 0.29) is 34.1 Å². The quantitative estimate of drug-likeness (QED) is 0.287. The third kappa shape index (κ3) is 5.58. The third-order valence-corrected chi connectivity index (χ3v) is 5.26. The number of nitrogens with two attached hydrogens (primary N) is 1. The second kappa shape index (κ2) is 10.4. The molecule has 1 aliphatic rings. The number of benzene rings is 1. The van der Waals surface area contributed by atoms with E-state index in [1.54, 1.807) is 24.3 Å². The number of imidazole rings is 1. The van der Waals surface area contributed by atoms with Gasteiger partial charge in [0.1, 0.15) is 24.0 Å². The average Bonchev–Trinajstić information content (AvgIpc) is 3.34. The Morgan fingerprint density at radius 1 is 1.14 bits per heavy atom. The molecule has 0 bridgehead atoms. The van der Waals surface area contributed by atoms with E-state index in [0.717, 1.165) is 0 Å². The summed E-state index contributed by atoms with van der Waals surface area (Å²) in [6.07, 6.45) is -2.62. The van der Waals surface area contributed by atoms with Gasteiger partial charge in [-0.1, -0.05) is 18.2 Å². The lowest BCUT2D eigenvalue weighted by Gasteiger charge is -2.25. The minimum atomic E-state index is -1.05. The van der Waals surface area contributed by atoms with Gasteiger partial charge in [0, 0.05) is 26.1 Å². The van der Waals surface area contributed by atoms with E-state index < -0.39 is 36.5 Å². The first-order chi connectivity index (χ1) is 16.7. The van der Waals surface area contributed by atoms with Crippen LogP contribution in [0.5, 0.6) is 5.75 Å². The van der Waals surface area contributed by atoms with Crippen molar-refractivity contribution >= 4 is 58.0 Å². The molecular weight excluding hydrogens is 502 g/mol. The van der Waals surface area contributed by atoms with E-state index in [1.165, 1.54) is 24.7 Å². The van der Waals surface area contributed by atoms with Crippen molar-refractivity contribution in [3.63, 3.8) is 0 Å². The monoisotopic (exact) mass is 521 g/mol. The standard InChI is InChI=1S/C21H20ClN5O7S/c1-10(28)30-8-13-15(31-11(2)29)16(34-21(35)32-12-6-4-3-5-7-12)19(33-13)27-9-24-14-17(23)25-20(22)26-18(14)27/h3-7,9,13,15-16,19H,8H2,1-2H3,(H2,23,25,26)/t13-,15-,16-,19-/m1/s1. The number of rotatable bonds is 6. The molecule has 35 heavy (non-hydrogen) atoms. The largest absolute Gasteiger partial charge is 0.463 e. The minimum Gasteiger partial charge on any atom is -0.463 e. The molecule has 0 radical (unpaired) electrons. The van der Waals surface area contributed by atoms with Gasteiger partial charge in [-0.3, -0.25) is 14.2 Å². The van der Waals surface area contributed by atoms with Gasteiger partial charge in [-0.15, -0.1) is 0 Å². The lowest BCUT2D eigenvalue weighted by molar-refractivity contribution is -0.157. The molecule has 12 nitrogen and oxygen atoms in total. The maximum absolute atomic E-state index is 11.9. The lowest BCUT2D eigenvalue weighted by Crippen LogP contribution is -2.41. The van der Waals surface area contributed by atoms with Crippen LogP contribution in [-0.2, 0) is 28.5 Å². The Morgan fingerprint density at radius 3 is 2.57 bits per heavy atom. The number of esters is 2. The fourth-order valence-electron chi connectivity index (χ4n) is 3.54. The first-order valence-electron chi connectivity index (χ1n) is 10.3. The molecule has 1 aromatic carbocycles. The van der Waals surface area contributed by atoms with Crippen LogP contribution in [0.4, 0.5) is 5.82 Å². The molecule has 3 aromatic rings. The van der Waals surface area contributed by atoms with Gasteiger partial charge in [0.2, 0.25) is 5.28 Å². The third-order valence-electron chi connectivity index (χ3n) is 4.91. The Kier molecular flexibility index (Phi) is 7.28. The van der Waals surface area contributed by atoms with Crippen LogP contribution in [0.15, 0.2) is 36.7 Å². The van der Waals surface area contributed by atoms with Crippen molar-refractivity contribution < 1.29 is 33.3 Å². The molecule has 2 aromatic heterocycles. The predicted molar refractivity (Wildman–Crippen MR) is 125 cm³/mol. The summed E-state index contributed by atoms with van der Waals surface area (Å²) in [6.45, 7) is 2.25. The van der Waals surface area contributed by atoms with Crippen LogP contribution in [0.25, 0.3) is 11.2 Å². The Hall–Kier alpha value is -3.55. The Bertz CT molecular complexity index is 1260. The SMILES string of the molecule is CC(=O)OC[C@H]1O[C@@H](n2cnc3c(N)nc(Cl)nc32)[C@H](OC(=S)Oc2ccccc2)[C@@H]1OC(C)=O. The first kappa shape index (κ1) is 24.6. The second-order valence-corrected chi connectivity index (χ2v) is 8.06. The van der Waals surface area contributed by atoms with Crippen LogP contribution in [-0.4, -0.2) is 61.6 Å².